The van der Waals surface area contributed by atoms with Crippen LogP contribution < -0.4 is 0 Å². The van der Waals surface area contributed by atoms with E-state index in [9.17, 15) is 18.0 Å². The van der Waals surface area contributed by atoms with Crippen LogP contribution in [0.25, 0.3) is 0 Å². The van der Waals surface area contributed by atoms with Crippen LogP contribution in [-0.2, 0) is 10.3 Å². The Morgan fingerprint density at radius 3 is 2.67 bits per heavy atom. The van der Waals surface area contributed by atoms with E-state index in [0.29, 0.717) is 12.8 Å². The molecule has 1 aliphatic heterocycles. The van der Waals surface area contributed by atoms with Gasteiger partial charge in [-0.3, -0.25) is 4.79 Å². The van der Waals surface area contributed by atoms with Gasteiger partial charge in [-0.05, 0) is 31.9 Å². The molecule has 0 spiro atoms. The van der Waals surface area contributed by atoms with Crippen LogP contribution in [0.3, 0.4) is 0 Å². The highest BCUT2D eigenvalue weighted by Gasteiger charge is 2.59. The Labute approximate surface area is 143 Å². The summed E-state index contributed by atoms with van der Waals surface area (Å²) in [7, 11) is 1.79. The molecule has 1 aromatic rings. The second kappa shape index (κ2) is 7.11. The third-order valence-electron chi connectivity index (χ3n) is 4.05. The summed E-state index contributed by atoms with van der Waals surface area (Å²) in [4.78, 5) is 17.3. The van der Waals surface area contributed by atoms with Crippen molar-refractivity contribution < 1.29 is 22.7 Å². The first kappa shape index (κ1) is 18.7. The summed E-state index contributed by atoms with van der Waals surface area (Å²) in [6, 6.07) is 2.41. The molecule has 0 bridgehead atoms. The van der Waals surface area contributed by atoms with E-state index in [1.807, 2.05) is 6.92 Å². The fourth-order valence-electron chi connectivity index (χ4n) is 2.59. The van der Waals surface area contributed by atoms with Gasteiger partial charge < -0.3 is 9.64 Å². The standard InChI is InChI=1S/C16H18ClF3N2O2/c1-3-22(2)10-21-14-7-11(9-23)12(8-13(14)17)15(16(18,19)20)5-4-6-24-15/h7-10H,3-6H2,1-2H3/b21-10+. The van der Waals surface area contributed by atoms with E-state index in [1.54, 1.807) is 11.9 Å². The van der Waals surface area contributed by atoms with Crippen LogP contribution in [-0.4, -0.2) is 43.9 Å². The minimum atomic E-state index is -4.64. The van der Waals surface area contributed by atoms with Crippen molar-refractivity contribution in [3.05, 3.63) is 28.3 Å². The number of nitrogens with zero attached hydrogens (tertiary/aromatic N) is 2. The van der Waals surface area contributed by atoms with E-state index in [4.69, 9.17) is 16.3 Å². The molecule has 4 nitrogen and oxygen atoms in total. The van der Waals surface area contributed by atoms with Gasteiger partial charge in [0, 0.05) is 31.3 Å². The number of carbonyl (C=O) groups excluding carboxylic acids is 1. The Hall–Kier alpha value is -1.60. The largest absolute Gasteiger partial charge is 0.421 e. The summed E-state index contributed by atoms with van der Waals surface area (Å²) in [6.45, 7) is 2.60. The van der Waals surface area contributed by atoms with Crippen molar-refractivity contribution >= 4 is 29.9 Å². The molecule has 1 aromatic carbocycles. The highest BCUT2D eigenvalue weighted by Crippen LogP contribution is 2.50. The van der Waals surface area contributed by atoms with Gasteiger partial charge in [-0.25, -0.2) is 4.99 Å². The summed E-state index contributed by atoms with van der Waals surface area (Å²) in [5.74, 6) is 0. The van der Waals surface area contributed by atoms with Crippen molar-refractivity contribution in [3.63, 3.8) is 0 Å². The normalized spacial score (nSPS) is 21.4. The zero-order valence-corrected chi connectivity index (χ0v) is 14.1. The third kappa shape index (κ3) is 3.42. The van der Waals surface area contributed by atoms with E-state index in [1.165, 1.54) is 12.4 Å². The van der Waals surface area contributed by atoms with Gasteiger partial charge in [0.05, 0.1) is 17.0 Å². The summed E-state index contributed by atoms with van der Waals surface area (Å²) in [5.41, 5.74) is -2.63. The third-order valence-corrected chi connectivity index (χ3v) is 4.36. The van der Waals surface area contributed by atoms with Crippen LogP contribution in [0.5, 0.6) is 0 Å². The average molecular weight is 363 g/mol. The van der Waals surface area contributed by atoms with Gasteiger partial charge in [0.15, 0.2) is 11.9 Å². The number of ether oxygens (including phenoxy) is 1. The first-order chi connectivity index (χ1) is 11.2. The maximum absolute atomic E-state index is 13.6. The van der Waals surface area contributed by atoms with Crippen LogP contribution in [0.1, 0.15) is 35.7 Å². The Morgan fingerprint density at radius 1 is 1.46 bits per heavy atom. The molecule has 1 atom stereocenters. The van der Waals surface area contributed by atoms with Crippen molar-refractivity contribution in [2.24, 2.45) is 4.99 Å². The number of hydrogen-bond acceptors (Lipinski definition) is 3. The molecule has 132 valence electrons. The Balaban J connectivity index is 2.54. The van der Waals surface area contributed by atoms with Crippen molar-refractivity contribution in [2.45, 2.75) is 31.5 Å². The van der Waals surface area contributed by atoms with Gasteiger partial charge in [0.25, 0.3) is 0 Å². The van der Waals surface area contributed by atoms with E-state index in [-0.39, 0.29) is 41.3 Å². The Bertz CT molecular complexity index is 641. The number of hydrogen-bond donors (Lipinski definition) is 0. The number of aldehydes is 1. The van der Waals surface area contributed by atoms with Crippen LogP contribution in [0.4, 0.5) is 18.9 Å². The van der Waals surface area contributed by atoms with Crippen molar-refractivity contribution in [1.82, 2.24) is 4.90 Å². The second-order valence-corrected chi connectivity index (χ2v) is 6.01. The minimum Gasteiger partial charge on any atom is -0.366 e. The topological polar surface area (TPSA) is 41.9 Å². The molecule has 24 heavy (non-hydrogen) atoms. The number of halogens is 4. The van der Waals surface area contributed by atoms with Crippen LogP contribution >= 0.6 is 11.6 Å². The number of benzene rings is 1. The van der Waals surface area contributed by atoms with Crippen molar-refractivity contribution in [1.29, 1.82) is 0 Å². The zero-order chi connectivity index (χ0) is 18.0. The van der Waals surface area contributed by atoms with Gasteiger partial charge in [-0.1, -0.05) is 11.6 Å². The monoisotopic (exact) mass is 362 g/mol. The van der Waals surface area contributed by atoms with Gasteiger partial charge in [-0.15, -0.1) is 0 Å². The molecule has 8 heteroatoms. The van der Waals surface area contributed by atoms with E-state index in [2.05, 4.69) is 4.99 Å². The van der Waals surface area contributed by atoms with Crippen molar-refractivity contribution in [3.8, 4) is 0 Å². The van der Waals surface area contributed by atoms with Crippen LogP contribution in [0.15, 0.2) is 17.1 Å². The minimum absolute atomic E-state index is 0.0172. The molecule has 0 saturated carbocycles. The summed E-state index contributed by atoms with van der Waals surface area (Å²) in [6.07, 6.45) is -2.74. The fourth-order valence-corrected chi connectivity index (χ4v) is 2.81. The van der Waals surface area contributed by atoms with E-state index >= 15 is 0 Å². The zero-order valence-electron chi connectivity index (χ0n) is 13.4. The lowest BCUT2D eigenvalue weighted by Crippen LogP contribution is -2.42. The quantitative estimate of drug-likeness (QED) is 0.444. The lowest BCUT2D eigenvalue weighted by molar-refractivity contribution is -0.269. The highest BCUT2D eigenvalue weighted by molar-refractivity contribution is 6.33. The first-order valence-corrected chi connectivity index (χ1v) is 7.87. The molecule has 1 unspecified atom stereocenters. The van der Waals surface area contributed by atoms with Crippen LogP contribution in [0, 0.1) is 0 Å². The second-order valence-electron chi connectivity index (χ2n) is 5.60. The molecule has 0 N–H and O–H groups in total. The lowest BCUT2D eigenvalue weighted by atomic mass is 9.86. The van der Waals surface area contributed by atoms with Gasteiger partial charge in [0.2, 0.25) is 0 Å². The molecular weight excluding hydrogens is 345 g/mol. The van der Waals surface area contributed by atoms with Gasteiger partial charge in [0.1, 0.15) is 0 Å². The first-order valence-electron chi connectivity index (χ1n) is 7.49. The predicted octanol–water partition coefficient (Wildman–Crippen LogP) is 4.33. The molecule has 1 fully saturated rings. The average Bonchev–Trinajstić information content (AvgIpc) is 3.03. The molecule has 0 aromatic heterocycles. The molecule has 0 radical (unpaired) electrons. The maximum atomic E-state index is 13.6. The SMILES string of the molecule is CCN(C)/C=N/c1cc(C=O)c(C2(C(F)(F)F)CCCO2)cc1Cl. The molecule has 1 aliphatic rings. The maximum Gasteiger partial charge on any atom is 0.421 e. The van der Waals surface area contributed by atoms with E-state index in [0.717, 1.165) is 6.07 Å². The molecule has 0 amide bonds. The molecular formula is C16H18ClF3N2O2. The molecule has 1 saturated heterocycles. The number of carbonyl (C=O) groups is 1. The predicted molar refractivity (Wildman–Crippen MR) is 86.2 cm³/mol. The fraction of sp³-hybridized carbons (Fsp3) is 0.500. The molecule has 2 rings (SSSR count). The number of rotatable bonds is 5. The summed E-state index contributed by atoms with van der Waals surface area (Å²) in [5, 5.41) is 0.0375. The molecule has 0 aliphatic carbocycles. The van der Waals surface area contributed by atoms with Gasteiger partial charge in [-0.2, -0.15) is 13.2 Å². The summed E-state index contributed by atoms with van der Waals surface area (Å²) >= 11 is 6.10. The highest BCUT2D eigenvalue weighted by atomic mass is 35.5. The Kier molecular flexibility index (Phi) is 5.55. The molecule has 1 heterocycles. The van der Waals surface area contributed by atoms with Gasteiger partial charge >= 0.3 is 6.18 Å². The number of alkyl halides is 3. The summed E-state index contributed by atoms with van der Waals surface area (Å²) < 4.78 is 45.9. The van der Waals surface area contributed by atoms with E-state index < -0.39 is 11.8 Å². The van der Waals surface area contributed by atoms with Crippen molar-refractivity contribution in [2.75, 3.05) is 20.2 Å². The Morgan fingerprint density at radius 2 is 2.17 bits per heavy atom. The van der Waals surface area contributed by atoms with Crippen LogP contribution in [0.2, 0.25) is 5.02 Å². The smallest absolute Gasteiger partial charge is 0.366 e. The number of aliphatic imine (C=N–C) groups is 1. The lowest BCUT2D eigenvalue weighted by Gasteiger charge is -2.32.